The molecule has 0 saturated carbocycles. The van der Waals surface area contributed by atoms with Crippen molar-refractivity contribution in [1.29, 1.82) is 0 Å². The summed E-state index contributed by atoms with van der Waals surface area (Å²) in [5.41, 5.74) is -0.781. The Morgan fingerprint density at radius 1 is 1.39 bits per heavy atom. The molecule has 0 bridgehead atoms. The molecule has 0 spiro atoms. The van der Waals surface area contributed by atoms with Crippen LogP contribution >= 0.6 is 23.8 Å². The van der Waals surface area contributed by atoms with Gasteiger partial charge in [0.25, 0.3) is 0 Å². The largest absolute Gasteiger partial charge is 0.466 e. The van der Waals surface area contributed by atoms with Gasteiger partial charge in [-0.1, -0.05) is 23.8 Å². The van der Waals surface area contributed by atoms with Crippen molar-refractivity contribution < 1.29 is 18.7 Å². The van der Waals surface area contributed by atoms with E-state index in [1.807, 2.05) is 0 Å². The van der Waals surface area contributed by atoms with E-state index in [1.54, 1.807) is 19.9 Å². The molecule has 0 unspecified atom stereocenters. The average Bonchev–Trinajstić information content (AvgIpc) is 2.48. The Morgan fingerprint density at radius 3 is 2.70 bits per heavy atom. The van der Waals surface area contributed by atoms with E-state index in [0.717, 1.165) is 0 Å². The van der Waals surface area contributed by atoms with E-state index in [4.69, 9.17) is 28.6 Å². The Kier molecular flexibility index (Phi) is 5.01. The lowest BCUT2D eigenvalue weighted by Gasteiger charge is -2.23. The maximum atomic E-state index is 13.6. The molecule has 2 rings (SSSR count). The van der Waals surface area contributed by atoms with E-state index in [1.165, 1.54) is 25.3 Å². The number of rotatable bonds is 4. The molecule has 1 aromatic carbocycles. The predicted octanol–water partition coefficient (Wildman–Crippen LogP) is 3.93. The van der Waals surface area contributed by atoms with Crippen molar-refractivity contribution in [1.82, 2.24) is 9.97 Å². The topological polar surface area (TPSA) is 64.2 Å². The van der Waals surface area contributed by atoms with Gasteiger partial charge in [-0.25, -0.2) is 14.2 Å². The molecule has 1 aromatic heterocycles. The van der Waals surface area contributed by atoms with Crippen LogP contribution in [0.4, 0.5) is 4.39 Å². The van der Waals surface area contributed by atoms with Gasteiger partial charge in [0.2, 0.25) is 5.60 Å². The van der Waals surface area contributed by atoms with Gasteiger partial charge in [-0.3, -0.25) is 0 Å². The monoisotopic (exact) mass is 356 g/mol. The molecule has 1 N–H and O–H groups in total. The van der Waals surface area contributed by atoms with Crippen molar-refractivity contribution in [2.75, 3.05) is 7.11 Å². The summed E-state index contributed by atoms with van der Waals surface area (Å²) < 4.78 is 24.1. The molecule has 0 aliphatic carbocycles. The summed E-state index contributed by atoms with van der Waals surface area (Å²) in [7, 11) is 1.27. The second kappa shape index (κ2) is 6.64. The Hall–Kier alpha value is -1.99. The fraction of sp³-hybridized carbons (Fsp3) is 0.267. The van der Waals surface area contributed by atoms with Gasteiger partial charge in [-0.15, -0.1) is 0 Å². The molecule has 0 amide bonds. The molecule has 8 heteroatoms. The molecule has 0 atom stereocenters. The van der Waals surface area contributed by atoms with Crippen LogP contribution in [0.3, 0.4) is 0 Å². The van der Waals surface area contributed by atoms with Crippen LogP contribution in [-0.2, 0) is 9.53 Å². The summed E-state index contributed by atoms with van der Waals surface area (Å²) >= 11 is 10.7. The molecule has 122 valence electrons. The number of H-pyrrole nitrogens is 1. The number of ether oxygens (including phenoxy) is 2. The van der Waals surface area contributed by atoms with Crippen LogP contribution in [0, 0.1) is 10.5 Å². The Bertz CT molecular complexity index is 808. The van der Waals surface area contributed by atoms with Crippen molar-refractivity contribution in [3.05, 3.63) is 39.7 Å². The van der Waals surface area contributed by atoms with Crippen molar-refractivity contribution in [2.45, 2.75) is 19.4 Å². The third kappa shape index (κ3) is 4.05. The van der Waals surface area contributed by atoms with Gasteiger partial charge in [0.15, 0.2) is 5.88 Å². The van der Waals surface area contributed by atoms with E-state index < -0.39 is 17.4 Å². The fourth-order valence-electron chi connectivity index (χ4n) is 1.83. The second-order valence-corrected chi connectivity index (χ2v) is 5.99. The average molecular weight is 357 g/mol. The van der Waals surface area contributed by atoms with Crippen LogP contribution in [-0.4, -0.2) is 28.6 Å². The first-order chi connectivity index (χ1) is 10.7. The minimum absolute atomic E-state index is 0.00609. The molecule has 23 heavy (non-hydrogen) atoms. The van der Waals surface area contributed by atoms with Crippen LogP contribution in [0.25, 0.3) is 11.4 Å². The highest BCUT2D eigenvalue weighted by Gasteiger charge is 2.31. The summed E-state index contributed by atoms with van der Waals surface area (Å²) in [6, 6.07) is 5.69. The van der Waals surface area contributed by atoms with Crippen molar-refractivity contribution in [2.24, 2.45) is 0 Å². The maximum absolute atomic E-state index is 13.6. The summed E-state index contributed by atoms with van der Waals surface area (Å²) in [6.07, 6.45) is 0. The van der Waals surface area contributed by atoms with E-state index in [0.29, 0.717) is 11.4 Å². The number of halogens is 2. The van der Waals surface area contributed by atoms with Crippen LogP contribution < -0.4 is 4.74 Å². The summed E-state index contributed by atoms with van der Waals surface area (Å²) in [4.78, 5) is 18.7. The van der Waals surface area contributed by atoms with Crippen LogP contribution in [0.2, 0.25) is 5.02 Å². The summed E-state index contributed by atoms with van der Waals surface area (Å²) in [6.45, 7) is 3.11. The number of methoxy groups -OCH3 is 1. The van der Waals surface area contributed by atoms with Crippen molar-refractivity contribution in [3.63, 3.8) is 0 Å². The highest BCUT2D eigenvalue weighted by atomic mass is 35.5. The first-order valence-electron chi connectivity index (χ1n) is 6.57. The standard InChI is InChI=1S/C15H14ClFN2O3S/c1-15(2,14(20)21-3)22-11-7-12(23)19-13(18-11)8-4-5-9(16)10(17)6-8/h4-7H,1-3H3,(H,18,19,23). The smallest absolute Gasteiger partial charge is 0.349 e. The predicted molar refractivity (Wildman–Crippen MR) is 86.5 cm³/mol. The van der Waals surface area contributed by atoms with Gasteiger partial charge in [0, 0.05) is 11.6 Å². The van der Waals surface area contributed by atoms with Crippen LogP contribution in [0.5, 0.6) is 5.88 Å². The van der Waals surface area contributed by atoms with Gasteiger partial charge in [0.05, 0.1) is 12.1 Å². The molecular weight excluding hydrogens is 343 g/mol. The molecule has 5 nitrogen and oxygen atoms in total. The third-order valence-electron chi connectivity index (χ3n) is 2.95. The maximum Gasteiger partial charge on any atom is 0.349 e. The second-order valence-electron chi connectivity index (χ2n) is 5.17. The number of hydrogen-bond acceptors (Lipinski definition) is 5. The number of esters is 1. The summed E-state index contributed by atoms with van der Waals surface area (Å²) in [5, 5.41) is 0.00609. The van der Waals surface area contributed by atoms with E-state index >= 15 is 0 Å². The van der Waals surface area contributed by atoms with Gasteiger partial charge < -0.3 is 14.5 Å². The number of carbonyl (C=O) groups excluding carboxylic acids is 1. The molecule has 0 radical (unpaired) electrons. The number of benzene rings is 1. The normalized spacial score (nSPS) is 11.2. The van der Waals surface area contributed by atoms with Gasteiger partial charge in [0.1, 0.15) is 16.3 Å². The molecular formula is C15H14ClFN2O3S. The summed E-state index contributed by atoms with van der Waals surface area (Å²) in [5.74, 6) is -0.617. The number of aromatic nitrogens is 2. The Morgan fingerprint density at radius 2 is 2.09 bits per heavy atom. The molecule has 0 fully saturated rings. The zero-order valence-electron chi connectivity index (χ0n) is 12.6. The van der Waals surface area contributed by atoms with Crippen molar-refractivity contribution >= 4 is 29.8 Å². The zero-order valence-corrected chi connectivity index (χ0v) is 14.2. The SMILES string of the molecule is COC(=O)C(C)(C)Oc1cc(=S)nc(-c2ccc(Cl)c(F)c2)[nH]1. The third-order valence-corrected chi connectivity index (χ3v) is 3.47. The van der Waals surface area contributed by atoms with Crippen molar-refractivity contribution in [3.8, 4) is 17.3 Å². The lowest BCUT2D eigenvalue weighted by Crippen LogP contribution is -2.39. The molecule has 2 aromatic rings. The zero-order chi connectivity index (χ0) is 17.2. The lowest BCUT2D eigenvalue weighted by atomic mass is 10.1. The van der Waals surface area contributed by atoms with E-state index in [2.05, 4.69) is 14.7 Å². The molecule has 0 saturated heterocycles. The highest BCUT2D eigenvalue weighted by molar-refractivity contribution is 7.71. The quantitative estimate of drug-likeness (QED) is 0.664. The van der Waals surface area contributed by atoms with Gasteiger partial charge in [-0.05, 0) is 32.0 Å². The molecule has 0 aliphatic rings. The number of nitrogens with zero attached hydrogens (tertiary/aromatic N) is 1. The van der Waals surface area contributed by atoms with Crippen LogP contribution in [0.15, 0.2) is 24.3 Å². The first kappa shape index (κ1) is 17.4. The Balaban J connectivity index is 2.41. The highest BCUT2D eigenvalue weighted by Crippen LogP contribution is 2.24. The number of carbonyl (C=O) groups is 1. The van der Waals surface area contributed by atoms with Gasteiger partial charge in [-0.2, -0.15) is 0 Å². The number of hydrogen-bond donors (Lipinski definition) is 1. The molecule has 1 heterocycles. The van der Waals surface area contributed by atoms with E-state index in [9.17, 15) is 9.18 Å². The van der Waals surface area contributed by atoms with E-state index in [-0.39, 0.29) is 15.5 Å². The minimum Gasteiger partial charge on any atom is -0.466 e. The number of nitrogens with one attached hydrogen (secondary N) is 1. The van der Waals surface area contributed by atoms with Crippen LogP contribution in [0.1, 0.15) is 13.8 Å². The Labute approximate surface area is 142 Å². The minimum atomic E-state index is -1.23. The fourth-order valence-corrected chi connectivity index (χ4v) is 2.15. The van der Waals surface area contributed by atoms with Gasteiger partial charge >= 0.3 is 5.97 Å². The number of aromatic amines is 1. The first-order valence-corrected chi connectivity index (χ1v) is 7.36. The lowest BCUT2D eigenvalue weighted by molar-refractivity contribution is -0.156. The molecule has 0 aliphatic heterocycles.